The first-order valence-corrected chi connectivity index (χ1v) is 12.4. The lowest BCUT2D eigenvalue weighted by Crippen LogP contribution is -2.65. The van der Waals surface area contributed by atoms with Crippen molar-refractivity contribution in [2.45, 2.75) is 63.5 Å². The Labute approximate surface area is 191 Å². The lowest BCUT2D eigenvalue weighted by molar-refractivity contribution is -0.121. The molecule has 3 aliphatic rings. The highest BCUT2D eigenvalue weighted by atomic mass is 16.5. The zero-order valence-corrected chi connectivity index (χ0v) is 19.4. The average molecular weight is 443 g/mol. The monoisotopic (exact) mass is 442 g/mol. The Kier molecular flexibility index (Phi) is 8.14. The van der Waals surface area contributed by atoms with Crippen molar-refractivity contribution in [1.82, 2.24) is 20.1 Å². The minimum absolute atomic E-state index is 0.0999. The van der Waals surface area contributed by atoms with Crippen LogP contribution in [0, 0.1) is 11.8 Å². The maximum atomic E-state index is 13.5. The maximum Gasteiger partial charge on any atom is 0.255 e. The number of methoxy groups -OCH3 is 1. The van der Waals surface area contributed by atoms with Gasteiger partial charge in [0.2, 0.25) is 5.91 Å². The maximum absolute atomic E-state index is 13.5. The van der Waals surface area contributed by atoms with E-state index in [0.717, 1.165) is 25.8 Å². The van der Waals surface area contributed by atoms with Crippen LogP contribution in [0.3, 0.4) is 0 Å². The molecule has 176 valence electrons. The Balaban J connectivity index is 1.44. The third-order valence-electron chi connectivity index (χ3n) is 7.59. The third-order valence-corrected chi connectivity index (χ3v) is 7.59. The summed E-state index contributed by atoms with van der Waals surface area (Å²) in [6, 6.07) is 4.51. The quantitative estimate of drug-likeness (QED) is 0.595. The fourth-order valence-electron chi connectivity index (χ4n) is 6.26. The van der Waals surface area contributed by atoms with Crippen molar-refractivity contribution in [3.8, 4) is 0 Å². The Morgan fingerprint density at radius 2 is 2.06 bits per heavy atom. The molecule has 0 radical (unpaired) electrons. The predicted molar refractivity (Wildman–Crippen MR) is 123 cm³/mol. The van der Waals surface area contributed by atoms with Gasteiger partial charge in [-0.05, 0) is 82.0 Å². The number of rotatable bonds is 9. The summed E-state index contributed by atoms with van der Waals surface area (Å²) in [5.41, 5.74) is 0.676. The van der Waals surface area contributed by atoms with Crippen molar-refractivity contribution >= 4 is 11.8 Å². The molecule has 0 aliphatic carbocycles. The highest BCUT2D eigenvalue weighted by Crippen LogP contribution is 2.43. The summed E-state index contributed by atoms with van der Waals surface area (Å²) in [6.45, 7) is 4.55. The van der Waals surface area contributed by atoms with Gasteiger partial charge in [-0.15, -0.1) is 0 Å². The van der Waals surface area contributed by atoms with Crippen LogP contribution in [0.25, 0.3) is 0 Å². The highest BCUT2D eigenvalue weighted by Gasteiger charge is 2.49. The standard InChI is InChI=1S/C25H38N4O3/c1-32-16-6-13-27-23(30)11-2-10-22-21-9-5-15-28-14-4-8-20(24(21)28)18-29(22)25(31)19-7-3-12-26-17-19/h3,7,12,17,20-22,24H,2,4-6,8-11,13-16,18H2,1H3,(H,27,30)/t20-,21+,22+,24-/m0/s1. The van der Waals surface area contributed by atoms with E-state index in [9.17, 15) is 9.59 Å². The van der Waals surface area contributed by atoms with Crippen molar-refractivity contribution in [3.63, 3.8) is 0 Å². The number of ether oxygens (including phenoxy) is 1. The average Bonchev–Trinajstić information content (AvgIpc) is 2.83. The third kappa shape index (κ3) is 5.31. The summed E-state index contributed by atoms with van der Waals surface area (Å²) in [6.07, 6.45) is 11.3. The number of hydrogen-bond donors (Lipinski definition) is 1. The van der Waals surface area contributed by atoms with Gasteiger partial charge in [0.05, 0.1) is 5.56 Å². The van der Waals surface area contributed by atoms with Crippen LogP contribution < -0.4 is 5.32 Å². The molecule has 3 fully saturated rings. The molecule has 3 aliphatic heterocycles. The minimum atomic E-state index is 0.0999. The first kappa shape index (κ1) is 23.2. The summed E-state index contributed by atoms with van der Waals surface area (Å²) in [5.74, 6) is 1.28. The number of likely N-dealkylation sites (tertiary alicyclic amines) is 1. The van der Waals surface area contributed by atoms with E-state index in [4.69, 9.17) is 4.74 Å². The number of pyridine rings is 1. The Morgan fingerprint density at radius 3 is 2.84 bits per heavy atom. The molecule has 0 unspecified atom stereocenters. The van der Waals surface area contributed by atoms with Crippen LogP contribution in [0.15, 0.2) is 24.5 Å². The van der Waals surface area contributed by atoms with E-state index in [1.54, 1.807) is 19.5 Å². The molecule has 7 nitrogen and oxygen atoms in total. The van der Waals surface area contributed by atoms with Gasteiger partial charge in [-0.25, -0.2) is 0 Å². The lowest BCUT2D eigenvalue weighted by Gasteiger charge is -2.57. The number of carbonyl (C=O) groups is 2. The second-order valence-electron chi connectivity index (χ2n) is 9.59. The van der Waals surface area contributed by atoms with Gasteiger partial charge >= 0.3 is 0 Å². The molecular weight excluding hydrogens is 404 g/mol. The molecule has 0 bridgehead atoms. The Bertz CT molecular complexity index is 757. The van der Waals surface area contributed by atoms with E-state index in [1.807, 2.05) is 12.1 Å². The molecule has 1 N–H and O–H groups in total. The fourth-order valence-corrected chi connectivity index (χ4v) is 6.26. The van der Waals surface area contributed by atoms with Gasteiger partial charge in [0.15, 0.2) is 0 Å². The molecule has 2 amide bonds. The molecule has 1 aromatic heterocycles. The smallest absolute Gasteiger partial charge is 0.255 e. The summed E-state index contributed by atoms with van der Waals surface area (Å²) in [4.78, 5) is 34.8. The fraction of sp³-hybridized carbons (Fsp3) is 0.720. The van der Waals surface area contributed by atoms with Crippen molar-refractivity contribution < 1.29 is 14.3 Å². The zero-order chi connectivity index (χ0) is 22.3. The molecule has 3 saturated heterocycles. The topological polar surface area (TPSA) is 74.8 Å². The van der Waals surface area contributed by atoms with Crippen LogP contribution in [0.1, 0.15) is 61.7 Å². The number of aromatic nitrogens is 1. The van der Waals surface area contributed by atoms with Crippen LogP contribution >= 0.6 is 0 Å². The second-order valence-corrected chi connectivity index (χ2v) is 9.59. The number of amides is 2. The van der Waals surface area contributed by atoms with Crippen LogP contribution in [-0.2, 0) is 9.53 Å². The number of hydrogen-bond acceptors (Lipinski definition) is 5. The van der Waals surface area contributed by atoms with Gasteiger partial charge in [0.1, 0.15) is 0 Å². The van der Waals surface area contributed by atoms with E-state index < -0.39 is 0 Å². The van der Waals surface area contributed by atoms with Crippen LogP contribution in [0.4, 0.5) is 0 Å². The number of piperidine rings is 3. The minimum Gasteiger partial charge on any atom is -0.385 e. The Morgan fingerprint density at radius 1 is 1.22 bits per heavy atom. The van der Waals surface area contributed by atoms with Gasteiger partial charge in [0, 0.05) is 57.7 Å². The van der Waals surface area contributed by atoms with E-state index in [2.05, 4.69) is 20.1 Å². The lowest BCUT2D eigenvalue weighted by atomic mass is 9.69. The molecule has 1 aromatic rings. The van der Waals surface area contributed by atoms with Gasteiger partial charge in [0.25, 0.3) is 5.91 Å². The first-order chi connectivity index (χ1) is 15.7. The van der Waals surface area contributed by atoms with Gasteiger partial charge in [-0.3, -0.25) is 19.5 Å². The molecule has 7 heteroatoms. The summed E-state index contributed by atoms with van der Waals surface area (Å²) < 4.78 is 5.04. The SMILES string of the molecule is COCCCNC(=O)CCC[C@@H]1[C@H]2CCCN3CCC[C@@H](CN1C(=O)c1cccnc1)[C@@H]23. The predicted octanol–water partition coefficient (Wildman–Crippen LogP) is 2.72. The Hall–Kier alpha value is -1.99. The molecular formula is C25H38N4O3. The van der Waals surface area contributed by atoms with Gasteiger partial charge in [-0.1, -0.05) is 0 Å². The van der Waals surface area contributed by atoms with Crippen LogP contribution in [0.2, 0.25) is 0 Å². The van der Waals surface area contributed by atoms with Crippen molar-refractivity contribution in [2.75, 3.05) is 39.9 Å². The summed E-state index contributed by atoms with van der Waals surface area (Å²) in [7, 11) is 1.67. The van der Waals surface area contributed by atoms with Gasteiger partial charge < -0.3 is 15.0 Å². The van der Waals surface area contributed by atoms with Gasteiger partial charge in [-0.2, -0.15) is 0 Å². The molecule has 0 aromatic carbocycles. The summed E-state index contributed by atoms with van der Waals surface area (Å²) in [5, 5.41) is 2.99. The van der Waals surface area contributed by atoms with Crippen LogP contribution in [-0.4, -0.2) is 78.6 Å². The van der Waals surface area contributed by atoms with E-state index in [0.29, 0.717) is 43.0 Å². The molecule has 0 spiro atoms. The molecule has 0 saturated carbocycles. The van der Waals surface area contributed by atoms with Crippen molar-refractivity contribution in [3.05, 3.63) is 30.1 Å². The van der Waals surface area contributed by atoms with E-state index in [1.165, 1.54) is 38.8 Å². The number of nitrogens with one attached hydrogen (secondary N) is 1. The molecule has 4 rings (SSSR count). The number of nitrogens with zero attached hydrogens (tertiary/aromatic N) is 3. The summed E-state index contributed by atoms with van der Waals surface area (Å²) >= 11 is 0. The van der Waals surface area contributed by atoms with Crippen molar-refractivity contribution in [2.24, 2.45) is 11.8 Å². The zero-order valence-electron chi connectivity index (χ0n) is 19.4. The highest BCUT2D eigenvalue weighted by molar-refractivity contribution is 5.94. The van der Waals surface area contributed by atoms with Crippen LogP contribution in [0.5, 0.6) is 0 Å². The van der Waals surface area contributed by atoms with Crippen molar-refractivity contribution in [1.29, 1.82) is 0 Å². The molecule has 4 heterocycles. The molecule has 4 atom stereocenters. The normalized spacial score (nSPS) is 27.6. The second kappa shape index (κ2) is 11.2. The van der Waals surface area contributed by atoms with E-state index >= 15 is 0 Å². The van der Waals surface area contributed by atoms with E-state index in [-0.39, 0.29) is 17.9 Å². The first-order valence-electron chi connectivity index (χ1n) is 12.4. The molecule has 32 heavy (non-hydrogen) atoms. The largest absolute Gasteiger partial charge is 0.385 e. The number of carbonyl (C=O) groups excluding carboxylic acids is 2.